The molecule has 0 saturated heterocycles. The number of aromatic nitrogens is 3. The molecule has 0 radical (unpaired) electrons. The number of aryl methyl sites for hydroxylation is 1. The second-order valence-corrected chi connectivity index (χ2v) is 8.57. The first kappa shape index (κ1) is 16.3. The van der Waals surface area contributed by atoms with Crippen LogP contribution in [0, 0.1) is 34.4 Å². The van der Waals surface area contributed by atoms with E-state index in [9.17, 15) is 4.79 Å². The van der Waals surface area contributed by atoms with Crippen molar-refractivity contribution in [1.82, 2.24) is 20.1 Å². The lowest BCUT2D eigenvalue weighted by molar-refractivity contribution is -0.122. The fraction of sp³-hybridized carbons (Fsp3) is 0.833. The Labute approximate surface area is 148 Å². The molecule has 5 nitrogen and oxygen atoms in total. The van der Waals surface area contributed by atoms with Crippen molar-refractivity contribution in [2.45, 2.75) is 58.4 Å². The fourth-order valence-corrected chi connectivity index (χ4v) is 5.95. The Hall–Kier alpha value is -1.17. The van der Waals surface area contributed by atoms with Gasteiger partial charge >= 0.3 is 0 Å². The van der Waals surface area contributed by atoms with Crippen LogP contribution in [0.1, 0.15) is 51.3 Å². The summed E-state index contributed by atoms with van der Waals surface area (Å²) in [5.74, 6) is 5.34. The summed E-state index contributed by atoms with van der Waals surface area (Å²) in [7, 11) is 0. The van der Waals surface area contributed by atoms with Crippen molar-refractivity contribution < 1.29 is 4.79 Å². The molecule has 4 saturated carbocycles. The van der Waals surface area contributed by atoms with Crippen LogP contribution in [-0.4, -0.2) is 27.2 Å². The van der Waals surface area contributed by atoms with Crippen LogP contribution < -0.4 is 5.32 Å². The van der Waals surface area contributed by atoms with Crippen molar-refractivity contribution in [3.05, 3.63) is 10.6 Å². The fourth-order valence-electron chi connectivity index (χ4n) is 5.73. The second-order valence-electron chi connectivity index (χ2n) is 8.18. The first-order valence-electron chi connectivity index (χ1n) is 9.54. The standard InChI is InChI=1S/C18H28N4OS/c1-2-3-16-20-21-18(24)22(16)10-17(23)19-9-15-13-5-11-4-12(7-13)8-14(15)6-11/h11-15H,2-10H2,1H3,(H,19,23)(H,21,24). The van der Waals surface area contributed by atoms with Gasteiger partial charge in [0.1, 0.15) is 12.4 Å². The number of carbonyl (C=O) groups is 1. The summed E-state index contributed by atoms with van der Waals surface area (Å²) < 4.78 is 2.38. The largest absolute Gasteiger partial charge is 0.354 e. The van der Waals surface area contributed by atoms with E-state index in [2.05, 4.69) is 22.4 Å². The lowest BCUT2D eigenvalue weighted by Gasteiger charge is -2.54. The topological polar surface area (TPSA) is 62.7 Å². The highest BCUT2D eigenvalue weighted by Gasteiger charge is 2.47. The Kier molecular flexibility index (Phi) is 4.50. The SMILES string of the molecule is CCCc1n[nH]c(=S)n1CC(=O)NCC1C2CC3CC(C2)CC1C3. The van der Waals surface area contributed by atoms with Gasteiger partial charge in [-0.2, -0.15) is 5.10 Å². The molecule has 1 amide bonds. The van der Waals surface area contributed by atoms with Gasteiger partial charge in [-0.1, -0.05) is 6.92 Å². The van der Waals surface area contributed by atoms with E-state index in [-0.39, 0.29) is 12.5 Å². The lowest BCUT2D eigenvalue weighted by atomic mass is 9.52. The molecule has 0 unspecified atom stereocenters. The number of nitrogens with zero attached hydrogens (tertiary/aromatic N) is 2. The third-order valence-electron chi connectivity index (χ3n) is 6.57. The summed E-state index contributed by atoms with van der Waals surface area (Å²) in [5.41, 5.74) is 0. The number of amides is 1. The molecule has 132 valence electrons. The average Bonchev–Trinajstić information content (AvgIpc) is 2.87. The monoisotopic (exact) mass is 348 g/mol. The summed E-state index contributed by atoms with van der Waals surface area (Å²) in [4.78, 5) is 12.4. The van der Waals surface area contributed by atoms with E-state index in [0.717, 1.165) is 48.9 Å². The van der Waals surface area contributed by atoms with Crippen LogP contribution in [0.3, 0.4) is 0 Å². The highest BCUT2D eigenvalue weighted by atomic mass is 32.1. The Balaban J connectivity index is 1.34. The maximum Gasteiger partial charge on any atom is 0.240 e. The molecule has 0 aliphatic heterocycles. The maximum atomic E-state index is 12.4. The van der Waals surface area contributed by atoms with Crippen LogP contribution in [0.15, 0.2) is 0 Å². The average molecular weight is 349 g/mol. The molecule has 0 spiro atoms. The molecule has 1 heterocycles. The predicted molar refractivity (Wildman–Crippen MR) is 95.0 cm³/mol. The Morgan fingerprint density at radius 3 is 2.54 bits per heavy atom. The molecule has 2 N–H and O–H groups in total. The molecule has 1 aromatic heterocycles. The number of carbonyl (C=O) groups excluding carboxylic acids is 1. The summed E-state index contributed by atoms with van der Waals surface area (Å²) in [6, 6.07) is 0. The third-order valence-corrected chi connectivity index (χ3v) is 6.88. The Morgan fingerprint density at radius 2 is 1.92 bits per heavy atom. The van der Waals surface area contributed by atoms with Gasteiger partial charge in [-0.15, -0.1) is 0 Å². The molecule has 6 heteroatoms. The van der Waals surface area contributed by atoms with Gasteiger partial charge in [0.25, 0.3) is 0 Å². The second kappa shape index (κ2) is 6.62. The van der Waals surface area contributed by atoms with Crippen LogP contribution >= 0.6 is 12.2 Å². The van der Waals surface area contributed by atoms with Gasteiger partial charge in [-0.3, -0.25) is 14.5 Å². The number of H-pyrrole nitrogens is 1. The first-order chi connectivity index (χ1) is 11.6. The minimum Gasteiger partial charge on any atom is -0.354 e. The summed E-state index contributed by atoms with van der Waals surface area (Å²) >= 11 is 5.26. The quantitative estimate of drug-likeness (QED) is 0.777. The maximum absolute atomic E-state index is 12.4. The van der Waals surface area contributed by atoms with E-state index < -0.39 is 0 Å². The zero-order valence-corrected chi connectivity index (χ0v) is 15.3. The van der Waals surface area contributed by atoms with Crippen molar-refractivity contribution in [3.63, 3.8) is 0 Å². The molecular weight excluding hydrogens is 320 g/mol. The van der Waals surface area contributed by atoms with Gasteiger partial charge in [0.05, 0.1) is 0 Å². The van der Waals surface area contributed by atoms with Crippen LogP contribution in [0.25, 0.3) is 0 Å². The zero-order chi connectivity index (χ0) is 16.7. The zero-order valence-electron chi connectivity index (χ0n) is 14.5. The Morgan fingerprint density at radius 1 is 1.25 bits per heavy atom. The number of hydrogen-bond acceptors (Lipinski definition) is 3. The number of rotatable bonds is 6. The van der Waals surface area contributed by atoms with Crippen LogP contribution in [0.5, 0.6) is 0 Å². The Bertz CT molecular complexity index is 636. The lowest BCUT2D eigenvalue weighted by Crippen LogP contribution is -2.49. The van der Waals surface area contributed by atoms with Crippen molar-refractivity contribution in [1.29, 1.82) is 0 Å². The van der Waals surface area contributed by atoms with Gasteiger partial charge in [0, 0.05) is 13.0 Å². The van der Waals surface area contributed by atoms with E-state index in [4.69, 9.17) is 12.2 Å². The van der Waals surface area contributed by atoms with E-state index in [1.54, 1.807) is 0 Å². The predicted octanol–water partition coefficient (Wildman–Crippen LogP) is 3.08. The minimum absolute atomic E-state index is 0.0682. The molecule has 4 aliphatic carbocycles. The van der Waals surface area contributed by atoms with E-state index >= 15 is 0 Å². The first-order valence-corrected chi connectivity index (χ1v) is 9.95. The van der Waals surface area contributed by atoms with Crippen LogP contribution in [0.4, 0.5) is 0 Å². The van der Waals surface area contributed by atoms with Crippen molar-refractivity contribution in [2.75, 3.05) is 6.54 Å². The van der Waals surface area contributed by atoms with Gasteiger partial charge in [-0.05, 0) is 80.3 Å². The summed E-state index contributed by atoms with van der Waals surface area (Å²) in [6.07, 6.45) is 8.93. The van der Waals surface area contributed by atoms with Gasteiger partial charge in [0.15, 0.2) is 4.77 Å². The molecular formula is C18H28N4OS. The van der Waals surface area contributed by atoms with Crippen LogP contribution in [0.2, 0.25) is 0 Å². The molecule has 5 rings (SSSR count). The van der Waals surface area contributed by atoms with Gasteiger partial charge in [-0.25, -0.2) is 0 Å². The summed E-state index contributed by atoms with van der Waals surface area (Å²) in [6.45, 7) is 3.24. The number of aromatic amines is 1. The number of nitrogens with one attached hydrogen (secondary N) is 2. The highest BCUT2D eigenvalue weighted by Crippen LogP contribution is 2.56. The molecule has 1 aromatic rings. The number of hydrogen-bond donors (Lipinski definition) is 2. The smallest absolute Gasteiger partial charge is 0.240 e. The molecule has 4 bridgehead atoms. The normalized spacial score (nSPS) is 33.8. The van der Waals surface area contributed by atoms with Crippen LogP contribution in [-0.2, 0) is 17.8 Å². The van der Waals surface area contributed by atoms with Crippen molar-refractivity contribution in [3.8, 4) is 0 Å². The minimum atomic E-state index is 0.0682. The third kappa shape index (κ3) is 3.05. The molecule has 0 aromatic carbocycles. The van der Waals surface area contributed by atoms with Gasteiger partial charge in [0.2, 0.25) is 5.91 Å². The van der Waals surface area contributed by atoms with Gasteiger partial charge < -0.3 is 5.32 Å². The molecule has 0 atom stereocenters. The van der Waals surface area contributed by atoms with E-state index in [1.165, 1.54) is 32.1 Å². The molecule has 4 fully saturated rings. The highest BCUT2D eigenvalue weighted by molar-refractivity contribution is 7.71. The van der Waals surface area contributed by atoms with Crippen molar-refractivity contribution in [2.24, 2.45) is 29.6 Å². The van der Waals surface area contributed by atoms with Crippen molar-refractivity contribution >= 4 is 18.1 Å². The summed E-state index contributed by atoms with van der Waals surface area (Å²) in [5, 5.41) is 10.2. The molecule has 4 aliphatic rings. The van der Waals surface area contributed by atoms with E-state index in [1.807, 2.05) is 4.57 Å². The molecule has 24 heavy (non-hydrogen) atoms. The van der Waals surface area contributed by atoms with E-state index in [0.29, 0.717) is 10.7 Å².